The zero-order chi connectivity index (χ0) is 13.8. The maximum Gasteiger partial charge on any atom is 0.219 e. The number of nitrogens with zero attached hydrogens (tertiary/aromatic N) is 3. The third-order valence-electron chi connectivity index (χ3n) is 3.36. The van der Waals surface area contributed by atoms with Gasteiger partial charge in [-0.05, 0) is 12.1 Å². The number of hydrogen-bond acceptors (Lipinski definition) is 4. The van der Waals surface area contributed by atoms with Crippen LogP contribution in [0, 0.1) is 0 Å². The van der Waals surface area contributed by atoms with Crippen molar-refractivity contribution in [1.82, 2.24) is 14.8 Å². The van der Waals surface area contributed by atoms with E-state index >= 15 is 0 Å². The third-order valence-corrected chi connectivity index (χ3v) is 3.59. The summed E-state index contributed by atoms with van der Waals surface area (Å²) in [5.74, 6) is 0.115. The van der Waals surface area contributed by atoms with Gasteiger partial charge in [-0.15, -0.1) is 0 Å². The van der Waals surface area contributed by atoms with Gasteiger partial charge in [-0.3, -0.25) is 14.7 Å². The molecule has 1 atom stereocenters. The molecule has 0 spiro atoms. The zero-order valence-corrected chi connectivity index (χ0v) is 11.8. The number of carbonyl (C=O) groups excluding carboxylic acids is 1. The second-order valence-corrected chi connectivity index (χ2v) is 5.07. The van der Waals surface area contributed by atoms with Gasteiger partial charge >= 0.3 is 0 Å². The monoisotopic (exact) mass is 278 g/mol. The van der Waals surface area contributed by atoms with Crippen LogP contribution in [0.2, 0.25) is 0 Å². The van der Waals surface area contributed by atoms with Crippen LogP contribution in [0.25, 0.3) is 0 Å². The zero-order valence-electron chi connectivity index (χ0n) is 11.0. The molecule has 0 bridgehead atoms. The van der Waals surface area contributed by atoms with Crippen molar-refractivity contribution in [2.24, 2.45) is 5.73 Å². The summed E-state index contributed by atoms with van der Waals surface area (Å²) in [7, 11) is 0. The minimum Gasteiger partial charge on any atom is -0.392 e. The Morgan fingerprint density at radius 3 is 2.53 bits per heavy atom. The summed E-state index contributed by atoms with van der Waals surface area (Å²) >= 11 is 5.18. The molecule has 2 heterocycles. The van der Waals surface area contributed by atoms with Crippen LogP contribution >= 0.6 is 12.2 Å². The number of aromatic nitrogens is 1. The molecule has 19 heavy (non-hydrogen) atoms. The van der Waals surface area contributed by atoms with Gasteiger partial charge in [0.15, 0.2) is 0 Å². The lowest BCUT2D eigenvalue weighted by Gasteiger charge is -2.38. The molecular weight excluding hydrogens is 260 g/mol. The fraction of sp³-hybridized carbons (Fsp3) is 0.462. The first-order valence-electron chi connectivity index (χ1n) is 6.29. The first kappa shape index (κ1) is 13.9. The molecule has 0 saturated carbocycles. The summed E-state index contributed by atoms with van der Waals surface area (Å²) in [6.45, 7) is 4.54. The maximum atomic E-state index is 11.3. The molecular formula is C13H18N4OS. The molecule has 1 aromatic rings. The molecule has 2 N–H and O–H groups in total. The summed E-state index contributed by atoms with van der Waals surface area (Å²) in [4.78, 5) is 20.1. The average Bonchev–Trinajstić information content (AvgIpc) is 2.40. The van der Waals surface area contributed by atoms with Crippen molar-refractivity contribution >= 4 is 23.1 Å². The number of carbonyl (C=O) groups is 1. The van der Waals surface area contributed by atoms with E-state index < -0.39 is 0 Å². The van der Waals surface area contributed by atoms with E-state index in [4.69, 9.17) is 18.0 Å². The molecule has 1 aliphatic heterocycles. The first-order valence-corrected chi connectivity index (χ1v) is 6.70. The van der Waals surface area contributed by atoms with E-state index in [9.17, 15) is 4.79 Å². The Hall–Kier alpha value is -1.53. The number of thiocarbonyl (C=S) groups is 1. The van der Waals surface area contributed by atoms with E-state index in [1.807, 2.05) is 23.1 Å². The molecule has 6 heteroatoms. The van der Waals surface area contributed by atoms with Crippen LogP contribution in [0.1, 0.15) is 18.7 Å². The summed E-state index contributed by atoms with van der Waals surface area (Å²) in [5, 5.41) is 0. The Balaban J connectivity index is 2.10. The lowest BCUT2D eigenvalue weighted by molar-refractivity contribution is -0.130. The molecule has 1 saturated heterocycles. The van der Waals surface area contributed by atoms with Crippen LogP contribution in [0.15, 0.2) is 24.4 Å². The molecule has 102 valence electrons. The van der Waals surface area contributed by atoms with Crippen LogP contribution in [-0.4, -0.2) is 51.9 Å². The van der Waals surface area contributed by atoms with Crippen LogP contribution in [-0.2, 0) is 4.79 Å². The van der Waals surface area contributed by atoms with E-state index in [1.165, 1.54) is 0 Å². The molecule has 1 amide bonds. The highest BCUT2D eigenvalue weighted by Gasteiger charge is 2.28. The first-order chi connectivity index (χ1) is 9.09. The molecule has 5 nitrogen and oxygen atoms in total. The van der Waals surface area contributed by atoms with Crippen molar-refractivity contribution in [3.05, 3.63) is 30.1 Å². The number of nitrogens with two attached hydrogens (primary N) is 1. The van der Waals surface area contributed by atoms with Gasteiger partial charge in [0.2, 0.25) is 5.91 Å². The third kappa shape index (κ3) is 3.27. The molecule has 1 aromatic heterocycles. The second kappa shape index (κ2) is 6.08. The number of rotatable bonds is 3. The molecule has 2 rings (SSSR count). The Morgan fingerprint density at radius 1 is 1.37 bits per heavy atom. The number of hydrogen-bond donors (Lipinski definition) is 1. The lowest BCUT2D eigenvalue weighted by atomic mass is 10.1. The second-order valence-electron chi connectivity index (χ2n) is 4.60. The van der Waals surface area contributed by atoms with E-state index in [2.05, 4.69) is 9.88 Å². The van der Waals surface area contributed by atoms with Crippen LogP contribution in [0.3, 0.4) is 0 Å². The summed E-state index contributed by atoms with van der Waals surface area (Å²) in [5.41, 5.74) is 6.73. The average molecular weight is 278 g/mol. The van der Waals surface area contributed by atoms with Crippen LogP contribution in [0.4, 0.5) is 0 Å². The smallest absolute Gasteiger partial charge is 0.219 e. The Labute approximate surface area is 118 Å². The van der Waals surface area contributed by atoms with E-state index in [-0.39, 0.29) is 11.9 Å². The summed E-state index contributed by atoms with van der Waals surface area (Å²) in [6.07, 6.45) is 1.74. The Bertz CT molecular complexity index is 457. The summed E-state index contributed by atoms with van der Waals surface area (Å²) in [6, 6.07) is 5.58. The van der Waals surface area contributed by atoms with Crippen LogP contribution < -0.4 is 5.73 Å². The van der Waals surface area contributed by atoms with Gasteiger partial charge < -0.3 is 10.6 Å². The lowest BCUT2D eigenvalue weighted by Crippen LogP contribution is -2.51. The predicted molar refractivity (Wildman–Crippen MR) is 77.6 cm³/mol. The number of piperazine rings is 1. The highest BCUT2D eigenvalue weighted by Crippen LogP contribution is 2.20. The standard InChI is InChI=1S/C13H18N4OS/c1-10(18)16-6-8-17(9-7-16)12(13(14)19)11-4-2-3-5-15-11/h2-5,12H,6-9H2,1H3,(H2,14,19). The fourth-order valence-electron chi connectivity index (χ4n) is 2.35. The predicted octanol–water partition coefficient (Wildman–Crippen LogP) is 0.573. The van der Waals surface area contributed by atoms with Crippen molar-refractivity contribution in [2.75, 3.05) is 26.2 Å². The maximum absolute atomic E-state index is 11.3. The molecule has 1 unspecified atom stereocenters. The molecule has 0 aliphatic carbocycles. The van der Waals surface area contributed by atoms with Crippen molar-refractivity contribution in [1.29, 1.82) is 0 Å². The van der Waals surface area contributed by atoms with Gasteiger partial charge in [0, 0.05) is 39.3 Å². The SMILES string of the molecule is CC(=O)N1CCN(C(C(N)=S)c2ccccn2)CC1. The van der Waals surface area contributed by atoms with E-state index in [0.717, 1.165) is 18.8 Å². The van der Waals surface area contributed by atoms with Gasteiger partial charge in [-0.25, -0.2) is 0 Å². The Kier molecular flexibility index (Phi) is 4.44. The highest BCUT2D eigenvalue weighted by atomic mass is 32.1. The molecule has 1 aliphatic rings. The van der Waals surface area contributed by atoms with Crippen molar-refractivity contribution in [3.8, 4) is 0 Å². The largest absolute Gasteiger partial charge is 0.392 e. The quantitative estimate of drug-likeness (QED) is 0.819. The van der Waals surface area contributed by atoms with Gasteiger partial charge in [-0.2, -0.15) is 0 Å². The minimum absolute atomic E-state index is 0.115. The van der Waals surface area contributed by atoms with Crippen molar-refractivity contribution in [3.63, 3.8) is 0 Å². The number of amides is 1. The van der Waals surface area contributed by atoms with Crippen molar-refractivity contribution < 1.29 is 4.79 Å². The topological polar surface area (TPSA) is 62.5 Å². The number of pyridine rings is 1. The van der Waals surface area contributed by atoms with Gasteiger partial charge in [-0.1, -0.05) is 18.3 Å². The molecule has 1 fully saturated rings. The fourth-order valence-corrected chi connectivity index (χ4v) is 2.62. The normalized spacial score (nSPS) is 18.1. The van der Waals surface area contributed by atoms with Gasteiger partial charge in [0.25, 0.3) is 0 Å². The van der Waals surface area contributed by atoms with Gasteiger partial charge in [0.05, 0.1) is 10.7 Å². The summed E-state index contributed by atoms with van der Waals surface area (Å²) < 4.78 is 0. The van der Waals surface area contributed by atoms with Gasteiger partial charge in [0.1, 0.15) is 6.04 Å². The van der Waals surface area contributed by atoms with Crippen molar-refractivity contribution in [2.45, 2.75) is 13.0 Å². The van der Waals surface area contributed by atoms with E-state index in [0.29, 0.717) is 18.1 Å². The Morgan fingerprint density at radius 2 is 2.05 bits per heavy atom. The molecule has 0 aromatic carbocycles. The van der Waals surface area contributed by atoms with Crippen LogP contribution in [0.5, 0.6) is 0 Å². The minimum atomic E-state index is -0.148. The molecule has 0 radical (unpaired) electrons. The van der Waals surface area contributed by atoms with E-state index in [1.54, 1.807) is 13.1 Å². The highest BCUT2D eigenvalue weighted by molar-refractivity contribution is 7.80.